The second-order valence-electron chi connectivity index (χ2n) is 4.38. The molecule has 9 heteroatoms. The number of carbonyl (C=O) groups is 2. The Kier molecular flexibility index (Phi) is 6.01. The molecule has 0 aliphatic rings. The van der Waals surface area contributed by atoms with Crippen LogP contribution in [0.15, 0.2) is 52.2 Å². The number of carbonyl (C=O) groups excluding carboxylic acids is 2. The summed E-state index contributed by atoms with van der Waals surface area (Å²) in [6.45, 7) is -2.94. The number of amides is 2. The summed E-state index contributed by atoms with van der Waals surface area (Å²) in [6.07, 6.45) is 2.53. The summed E-state index contributed by atoms with van der Waals surface area (Å²) in [5.41, 5.74) is 2.20. The number of halogens is 2. The molecule has 2 aromatic rings. The summed E-state index contributed by atoms with van der Waals surface area (Å²) in [6, 6.07) is 9.16. The van der Waals surface area contributed by atoms with Crippen molar-refractivity contribution in [2.24, 2.45) is 5.10 Å². The van der Waals surface area contributed by atoms with E-state index in [4.69, 9.17) is 4.42 Å². The normalized spacial score (nSPS) is 10.8. The van der Waals surface area contributed by atoms with Crippen molar-refractivity contribution in [3.05, 3.63) is 54.0 Å². The maximum Gasteiger partial charge on any atom is 0.387 e. The second-order valence-corrected chi connectivity index (χ2v) is 4.38. The van der Waals surface area contributed by atoms with Gasteiger partial charge in [0.1, 0.15) is 11.5 Å². The third-order valence-corrected chi connectivity index (χ3v) is 2.71. The highest BCUT2D eigenvalue weighted by Crippen LogP contribution is 2.18. The van der Waals surface area contributed by atoms with Gasteiger partial charge in [-0.1, -0.05) is 12.1 Å². The maximum atomic E-state index is 12.3. The van der Waals surface area contributed by atoms with Crippen molar-refractivity contribution < 1.29 is 27.5 Å². The third kappa shape index (κ3) is 5.20. The van der Waals surface area contributed by atoms with Crippen LogP contribution in [0, 0.1) is 0 Å². The van der Waals surface area contributed by atoms with Crippen molar-refractivity contribution in [3.8, 4) is 5.75 Å². The second kappa shape index (κ2) is 8.42. The Hall–Kier alpha value is -3.23. The van der Waals surface area contributed by atoms with Crippen LogP contribution >= 0.6 is 0 Å². The summed E-state index contributed by atoms with van der Waals surface area (Å²) in [4.78, 5) is 23.1. The number of hydrazone groups is 1. The van der Waals surface area contributed by atoms with E-state index in [9.17, 15) is 18.4 Å². The molecule has 0 saturated heterocycles. The van der Waals surface area contributed by atoms with Gasteiger partial charge in [0.05, 0.1) is 19.0 Å². The van der Waals surface area contributed by atoms with Crippen LogP contribution in [-0.2, 0) is 16.1 Å². The summed E-state index contributed by atoms with van der Waals surface area (Å²) in [5, 5.41) is 5.87. The van der Waals surface area contributed by atoms with E-state index < -0.39 is 18.4 Å². The number of furan rings is 1. The summed E-state index contributed by atoms with van der Waals surface area (Å²) < 4.78 is 33.8. The molecule has 7 nitrogen and oxygen atoms in total. The Morgan fingerprint density at radius 2 is 2.00 bits per heavy atom. The molecule has 0 atom stereocenters. The highest BCUT2D eigenvalue weighted by Gasteiger charge is 2.13. The quantitative estimate of drug-likeness (QED) is 0.476. The SMILES string of the molecule is O=C(NCc1ccco1)C(=O)N/N=C\c1ccccc1OC(F)F. The number of nitrogens with one attached hydrogen (secondary N) is 2. The minimum Gasteiger partial charge on any atom is -0.467 e. The van der Waals surface area contributed by atoms with Gasteiger partial charge >= 0.3 is 18.4 Å². The molecular weight excluding hydrogens is 324 g/mol. The van der Waals surface area contributed by atoms with E-state index in [1.165, 1.54) is 24.5 Å². The first-order valence-electron chi connectivity index (χ1n) is 6.73. The Morgan fingerprint density at radius 3 is 2.71 bits per heavy atom. The topological polar surface area (TPSA) is 92.9 Å². The summed E-state index contributed by atoms with van der Waals surface area (Å²) in [5.74, 6) is -1.55. The van der Waals surface area contributed by atoms with Crippen molar-refractivity contribution in [2.75, 3.05) is 0 Å². The number of ether oxygens (including phenoxy) is 1. The molecule has 1 heterocycles. The number of para-hydroxylation sites is 1. The van der Waals surface area contributed by atoms with Gasteiger partial charge < -0.3 is 14.5 Å². The molecule has 0 radical (unpaired) electrons. The Balaban J connectivity index is 1.86. The predicted molar refractivity (Wildman–Crippen MR) is 79.4 cm³/mol. The lowest BCUT2D eigenvalue weighted by Gasteiger charge is -2.06. The average Bonchev–Trinajstić information content (AvgIpc) is 3.07. The number of alkyl halides is 2. The molecule has 2 N–H and O–H groups in total. The molecule has 24 heavy (non-hydrogen) atoms. The van der Waals surface area contributed by atoms with Gasteiger partial charge in [-0.15, -0.1) is 0 Å². The molecule has 2 rings (SSSR count). The third-order valence-electron chi connectivity index (χ3n) is 2.71. The number of hydrogen-bond donors (Lipinski definition) is 2. The van der Waals surface area contributed by atoms with E-state index in [-0.39, 0.29) is 17.9 Å². The molecule has 126 valence electrons. The zero-order valence-corrected chi connectivity index (χ0v) is 12.2. The van der Waals surface area contributed by atoms with E-state index in [0.717, 1.165) is 6.21 Å². The first-order valence-corrected chi connectivity index (χ1v) is 6.73. The van der Waals surface area contributed by atoms with Crippen LogP contribution < -0.4 is 15.5 Å². The van der Waals surface area contributed by atoms with Crippen LogP contribution in [0.4, 0.5) is 8.78 Å². The Bertz CT molecular complexity index is 717. The largest absolute Gasteiger partial charge is 0.467 e. The fourth-order valence-corrected chi connectivity index (χ4v) is 1.66. The van der Waals surface area contributed by atoms with Crippen molar-refractivity contribution >= 4 is 18.0 Å². The molecule has 0 saturated carbocycles. The molecule has 0 spiro atoms. The first-order chi connectivity index (χ1) is 11.6. The number of nitrogens with zero attached hydrogens (tertiary/aromatic N) is 1. The van der Waals surface area contributed by atoms with Gasteiger partial charge in [-0.25, -0.2) is 5.43 Å². The van der Waals surface area contributed by atoms with Gasteiger partial charge in [-0.2, -0.15) is 13.9 Å². The Labute approximate surface area is 135 Å². The fraction of sp³-hybridized carbons (Fsp3) is 0.133. The maximum absolute atomic E-state index is 12.3. The highest BCUT2D eigenvalue weighted by molar-refractivity contribution is 6.35. The van der Waals surface area contributed by atoms with Crippen molar-refractivity contribution in [1.82, 2.24) is 10.7 Å². The lowest BCUT2D eigenvalue weighted by Crippen LogP contribution is -2.37. The van der Waals surface area contributed by atoms with Crippen LogP contribution in [0.1, 0.15) is 11.3 Å². The van der Waals surface area contributed by atoms with E-state index in [2.05, 4.69) is 15.2 Å². The highest BCUT2D eigenvalue weighted by atomic mass is 19.3. The van der Waals surface area contributed by atoms with Crippen LogP contribution in [0.25, 0.3) is 0 Å². The van der Waals surface area contributed by atoms with E-state index in [1.807, 2.05) is 5.43 Å². The standard InChI is InChI=1S/C15H13F2N3O4/c16-15(17)24-12-6-2-1-4-10(12)8-19-20-14(22)13(21)18-9-11-5-3-7-23-11/h1-8,15H,9H2,(H,18,21)(H,20,22)/b19-8-. The number of rotatable bonds is 6. The minimum atomic E-state index is -2.98. The summed E-state index contributed by atoms with van der Waals surface area (Å²) in [7, 11) is 0. The molecule has 1 aromatic heterocycles. The predicted octanol–water partition coefficient (Wildman–Crippen LogP) is 1.65. The van der Waals surface area contributed by atoms with E-state index in [0.29, 0.717) is 5.76 Å². The zero-order valence-electron chi connectivity index (χ0n) is 12.2. The first kappa shape index (κ1) is 17.1. The fourth-order valence-electron chi connectivity index (χ4n) is 1.66. The smallest absolute Gasteiger partial charge is 0.387 e. The lowest BCUT2D eigenvalue weighted by molar-refractivity contribution is -0.139. The molecule has 0 bridgehead atoms. The van der Waals surface area contributed by atoms with E-state index in [1.54, 1.807) is 18.2 Å². The number of benzene rings is 1. The number of hydrogen-bond acceptors (Lipinski definition) is 5. The van der Waals surface area contributed by atoms with Crippen molar-refractivity contribution in [3.63, 3.8) is 0 Å². The molecule has 0 unspecified atom stereocenters. The zero-order chi connectivity index (χ0) is 17.4. The van der Waals surface area contributed by atoms with Crippen LogP contribution in [-0.4, -0.2) is 24.6 Å². The molecular formula is C15H13F2N3O4. The van der Waals surface area contributed by atoms with Crippen LogP contribution in [0.2, 0.25) is 0 Å². The van der Waals surface area contributed by atoms with Gasteiger partial charge in [-0.05, 0) is 24.3 Å². The van der Waals surface area contributed by atoms with Crippen molar-refractivity contribution in [2.45, 2.75) is 13.2 Å². The Morgan fingerprint density at radius 1 is 1.21 bits per heavy atom. The van der Waals surface area contributed by atoms with Gasteiger partial charge in [-0.3, -0.25) is 9.59 Å². The van der Waals surface area contributed by atoms with Gasteiger partial charge in [0.2, 0.25) is 0 Å². The molecule has 0 aliphatic heterocycles. The monoisotopic (exact) mass is 337 g/mol. The van der Waals surface area contributed by atoms with Crippen LogP contribution in [0.3, 0.4) is 0 Å². The van der Waals surface area contributed by atoms with E-state index >= 15 is 0 Å². The average molecular weight is 337 g/mol. The van der Waals surface area contributed by atoms with Gasteiger partial charge in [0.25, 0.3) is 0 Å². The molecule has 1 aromatic carbocycles. The summed E-state index contributed by atoms with van der Waals surface area (Å²) >= 11 is 0. The van der Waals surface area contributed by atoms with Crippen LogP contribution in [0.5, 0.6) is 5.75 Å². The van der Waals surface area contributed by atoms with Gasteiger partial charge in [0.15, 0.2) is 0 Å². The van der Waals surface area contributed by atoms with Crippen molar-refractivity contribution in [1.29, 1.82) is 0 Å². The molecule has 2 amide bonds. The minimum absolute atomic E-state index is 0.0496. The molecule has 0 aliphatic carbocycles. The lowest BCUT2D eigenvalue weighted by atomic mass is 10.2. The molecule has 0 fully saturated rings. The van der Waals surface area contributed by atoms with Gasteiger partial charge in [0, 0.05) is 5.56 Å².